The van der Waals surface area contributed by atoms with Crippen LogP contribution in [0, 0.1) is 0 Å². The predicted octanol–water partition coefficient (Wildman–Crippen LogP) is 1.73. The highest BCUT2D eigenvalue weighted by molar-refractivity contribution is 9.09. The summed E-state index contributed by atoms with van der Waals surface area (Å²) in [4.78, 5) is 10.8. The Bertz CT molecular complexity index is 374. The maximum absolute atomic E-state index is 12.2. The average Bonchev–Trinajstić information content (AvgIpc) is 2.07. The number of alkyl halides is 4. The Balaban J connectivity index is 3.15. The molecule has 0 saturated heterocycles. The first-order valence-corrected chi connectivity index (χ1v) is 4.79. The van der Waals surface area contributed by atoms with Gasteiger partial charge in [-0.3, -0.25) is 4.79 Å². The molecule has 0 bridgehead atoms. The molecule has 0 radical (unpaired) electrons. The number of aromatic nitrogens is 2. The van der Waals surface area contributed by atoms with E-state index in [9.17, 15) is 18.0 Å². The number of nitrogens with zero attached hydrogens (tertiary/aromatic N) is 1. The highest BCUT2D eigenvalue weighted by Gasteiger charge is 2.34. The maximum atomic E-state index is 12.2. The van der Waals surface area contributed by atoms with Crippen LogP contribution in [0.4, 0.5) is 13.2 Å². The maximum Gasteiger partial charge on any atom is 0.421 e. The van der Waals surface area contributed by atoms with E-state index in [0.717, 1.165) is 6.07 Å². The number of rotatable bonds is 2. The second kappa shape index (κ2) is 4.12. The molecule has 0 saturated carbocycles. The summed E-state index contributed by atoms with van der Waals surface area (Å²) in [5, 5.41) is 5.78. The second-order valence-electron chi connectivity index (χ2n) is 2.54. The Kier molecular flexibility index (Phi) is 3.30. The van der Waals surface area contributed by atoms with Gasteiger partial charge in [0.25, 0.3) is 5.56 Å². The van der Waals surface area contributed by atoms with E-state index in [4.69, 9.17) is 0 Å². The van der Waals surface area contributed by atoms with E-state index >= 15 is 0 Å². The van der Waals surface area contributed by atoms with Crippen LogP contribution >= 0.6 is 15.9 Å². The summed E-state index contributed by atoms with van der Waals surface area (Å²) < 4.78 is 36.6. The Morgan fingerprint density at radius 3 is 2.64 bits per heavy atom. The molecule has 1 rings (SSSR count). The first-order chi connectivity index (χ1) is 6.45. The smallest absolute Gasteiger partial charge is 0.267 e. The molecular weight excluding hydrogens is 265 g/mol. The minimum absolute atomic E-state index is 0.203. The van der Waals surface area contributed by atoms with E-state index in [-0.39, 0.29) is 5.69 Å². The summed E-state index contributed by atoms with van der Waals surface area (Å²) in [5.41, 5.74) is -2.21. The summed E-state index contributed by atoms with van der Waals surface area (Å²) in [5.74, 6) is 0. The van der Waals surface area contributed by atoms with Crippen molar-refractivity contribution in [2.45, 2.75) is 12.6 Å². The van der Waals surface area contributed by atoms with Crippen LogP contribution in [0.3, 0.4) is 0 Å². The van der Waals surface area contributed by atoms with Crippen molar-refractivity contribution >= 4 is 15.9 Å². The zero-order valence-corrected chi connectivity index (χ0v) is 8.44. The molecule has 1 aromatic rings. The summed E-state index contributed by atoms with van der Waals surface area (Å²) in [6, 6.07) is 0.764. The normalized spacial score (nSPS) is 11.7. The van der Waals surface area contributed by atoms with Crippen molar-refractivity contribution in [3.05, 3.63) is 27.7 Å². The lowest BCUT2D eigenvalue weighted by Crippen LogP contribution is -2.23. The van der Waals surface area contributed by atoms with Gasteiger partial charge in [-0.15, -0.1) is 0 Å². The third-order valence-corrected chi connectivity index (χ3v) is 1.91. The molecule has 1 aromatic heterocycles. The van der Waals surface area contributed by atoms with Crippen molar-refractivity contribution in [2.75, 3.05) is 5.33 Å². The van der Waals surface area contributed by atoms with Gasteiger partial charge >= 0.3 is 6.18 Å². The van der Waals surface area contributed by atoms with Gasteiger partial charge in [0.15, 0.2) is 0 Å². The Morgan fingerprint density at radius 1 is 1.50 bits per heavy atom. The fourth-order valence-corrected chi connectivity index (χ4v) is 1.29. The molecule has 0 amide bonds. The van der Waals surface area contributed by atoms with Crippen LogP contribution in [0.2, 0.25) is 0 Å². The molecule has 78 valence electrons. The van der Waals surface area contributed by atoms with E-state index < -0.39 is 17.3 Å². The molecule has 0 fully saturated rings. The zero-order valence-electron chi connectivity index (χ0n) is 6.86. The Hall–Kier alpha value is -0.850. The van der Waals surface area contributed by atoms with Gasteiger partial charge in [-0.2, -0.15) is 18.3 Å². The molecule has 0 aliphatic heterocycles. The second-order valence-corrected chi connectivity index (χ2v) is 3.33. The van der Waals surface area contributed by atoms with E-state index in [2.05, 4.69) is 21.0 Å². The first-order valence-electron chi connectivity index (χ1n) is 3.67. The molecule has 7 heteroatoms. The number of aromatic amines is 1. The molecule has 14 heavy (non-hydrogen) atoms. The number of nitrogens with one attached hydrogen (secondary N) is 1. The molecule has 0 aliphatic carbocycles. The predicted molar refractivity (Wildman–Crippen MR) is 47.4 cm³/mol. The molecular formula is C7H6BrF3N2O. The van der Waals surface area contributed by atoms with Crippen LogP contribution in [-0.2, 0) is 12.6 Å². The van der Waals surface area contributed by atoms with E-state index in [1.165, 1.54) is 0 Å². The fraction of sp³-hybridized carbons (Fsp3) is 0.429. The summed E-state index contributed by atoms with van der Waals surface area (Å²) in [7, 11) is 0. The first kappa shape index (κ1) is 11.2. The van der Waals surface area contributed by atoms with E-state index in [1.807, 2.05) is 5.10 Å². The van der Waals surface area contributed by atoms with Gasteiger partial charge in [0.2, 0.25) is 0 Å². The summed E-state index contributed by atoms with van der Waals surface area (Å²) >= 11 is 3.07. The van der Waals surface area contributed by atoms with Crippen LogP contribution in [0.5, 0.6) is 0 Å². The number of hydrogen-bond acceptors (Lipinski definition) is 2. The quantitative estimate of drug-likeness (QED) is 0.832. The van der Waals surface area contributed by atoms with Gasteiger partial charge in [-0.25, -0.2) is 5.10 Å². The third kappa shape index (κ3) is 2.57. The number of H-pyrrole nitrogens is 1. The molecule has 0 atom stereocenters. The highest BCUT2D eigenvalue weighted by Crippen LogP contribution is 2.26. The fourth-order valence-electron chi connectivity index (χ4n) is 0.883. The zero-order chi connectivity index (χ0) is 10.8. The van der Waals surface area contributed by atoms with Crippen LogP contribution in [0.25, 0.3) is 0 Å². The summed E-state index contributed by atoms with van der Waals surface area (Å²) in [6.45, 7) is 0. The van der Waals surface area contributed by atoms with Gasteiger partial charge in [-0.05, 0) is 6.07 Å². The van der Waals surface area contributed by atoms with Crippen molar-refractivity contribution < 1.29 is 13.2 Å². The summed E-state index contributed by atoms with van der Waals surface area (Å²) in [6.07, 6.45) is -4.29. The van der Waals surface area contributed by atoms with Crippen LogP contribution in [0.15, 0.2) is 10.9 Å². The lowest BCUT2D eigenvalue weighted by atomic mass is 10.2. The largest absolute Gasteiger partial charge is 0.421 e. The standard InChI is InChI=1S/C7H6BrF3N2O/c8-2-1-4-3-5(7(9,10)11)6(14)13-12-4/h3H,1-2H2,(H,13,14). The number of hydrogen-bond donors (Lipinski definition) is 1. The molecule has 0 unspecified atom stereocenters. The average molecular weight is 271 g/mol. The van der Waals surface area contributed by atoms with Gasteiger partial charge in [0.1, 0.15) is 5.56 Å². The van der Waals surface area contributed by atoms with Gasteiger partial charge in [-0.1, -0.05) is 15.9 Å². The topological polar surface area (TPSA) is 45.8 Å². The minimum Gasteiger partial charge on any atom is -0.267 e. The van der Waals surface area contributed by atoms with Crippen LogP contribution < -0.4 is 5.56 Å². The molecule has 0 aromatic carbocycles. The van der Waals surface area contributed by atoms with E-state index in [1.54, 1.807) is 0 Å². The Morgan fingerprint density at radius 2 is 2.14 bits per heavy atom. The van der Waals surface area contributed by atoms with Crippen LogP contribution in [-0.4, -0.2) is 15.5 Å². The molecule has 1 heterocycles. The minimum atomic E-state index is -4.63. The van der Waals surface area contributed by atoms with Crippen molar-refractivity contribution in [3.8, 4) is 0 Å². The monoisotopic (exact) mass is 270 g/mol. The highest BCUT2D eigenvalue weighted by atomic mass is 79.9. The molecule has 0 aliphatic rings. The van der Waals surface area contributed by atoms with E-state index in [0.29, 0.717) is 11.8 Å². The lowest BCUT2D eigenvalue weighted by molar-refractivity contribution is -0.138. The molecule has 1 N–H and O–H groups in total. The van der Waals surface area contributed by atoms with Gasteiger partial charge < -0.3 is 0 Å². The molecule has 3 nitrogen and oxygen atoms in total. The third-order valence-electron chi connectivity index (χ3n) is 1.51. The molecule has 0 spiro atoms. The number of aryl methyl sites for hydroxylation is 1. The Labute approximate surface area is 85.5 Å². The van der Waals surface area contributed by atoms with Crippen LogP contribution in [0.1, 0.15) is 11.3 Å². The SMILES string of the molecule is O=c1[nH]nc(CCBr)cc1C(F)(F)F. The van der Waals surface area contributed by atoms with Crippen molar-refractivity contribution in [2.24, 2.45) is 0 Å². The van der Waals surface area contributed by atoms with Gasteiger partial charge in [0.05, 0.1) is 5.69 Å². The van der Waals surface area contributed by atoms with Crippen molar-refractivity contribution in [1.29, 1.82) is 0 Å². The lowest BCUT2D eigenvalue weighted by Gasteiger charge is -2.05. The number of halogens is 4. The van der Waals surface area contributed by atoms with Gasteiger partial charge in [0, 0.05) is 11.8 Å². The van der Waals surface area contributed by atoms with Crippen molar-refractivity contribution in [1.82, 2.24) is 10.2 Å². The van der Waals surface area contributed by atoms with Crippen molar-refractivity contribution in [3.63, 3.8) is 0 Å².